The maximum absolute atomic E-state index is 14.0. The number of aryl methyl sites for hydroxylation is 1. The van der Waals surface area contributed by atoms with E-state index < -0.39 is 36.6 Å². The number of hydrogen-bond acceptors (Lipinski definition) is 3. The first-order valence-electron chi connectivity index (χ1n) is 15.1. The predicted octanol–water partition coefficient (Wildman–Crippen LogP) is 8.35. The van der Waals surface area contributed by atoms with Crippen molar-refractivity contribution in [3.63, 3.8) is 0 Å². The fourth-order valence-corrected chi connectivity index (χ4v) is 6.23. The summed E-state index contributed by atoms with van der Waals surface area (Å²) in [6, 6.07) is 36.0. The average Bonchev–Trinajstić information content (AvgIpc) is 3.03. The molecule has 1 amide bonds. The topological polar surface area (TPSA) is 94.9 Å². The second-order valence-electron chi connectivity index (χ2n) is 11.7. The predicted molar refractivity (Wildman–Crippen MR) is 178 cm³/mol. The van der Waals surface area contributed by atoms with Crippen LogP contribution < -0.4 is 0 Å². The minimum atomic E-state index is -1.33. The molecule has 0 aliphatic carbocycles. The maximum atomic E-state index is 14.0. The minimum absolute atomic E-state index is 0.110. The first-order chi connectivity index (χ1) is 21.7. The van der Waals surface area contributed by atoms with Crippen LogP contribution in [-0.4, -0.2) is 39.0 Å². The van der Waals surface area contributed by atoms with Gasteiger partial charge >= 0.3 is 11.9 Å². The van der Waals surface area contributed by atoms with Crippen molar-refractivity contribution < 1.29 is 24.6 Å². The van der Waals surface area contributed by atoms with Gasteiger partial charge in [-0.1, -0.05) is 103 Å². The van der Waals surface area contributed by atoms with Crippen LogP contribution in [0.1, 0.15) is 48.8 Å². The van der Waals surface area contributed by atoms with Gasteiger partial charge in [0.05, 0.1) is 12.3 Å². The Morgan fingerprint density at radius 2 is 1.27 bits per heavy atom. The van der Waals surface area contributed by atoms with Crippen LogP contribution in [0.25, 0.3) is 21.5 Å². The van der Waals surface area contributed by atoms with Gasteiger partial charge in [-0.3, -0.25) is 14.4 Å². The summed E-state index contributed by atoms with van der Waals surface area (Å²) >= 11 is 6.25. The van der Waals surface area contributed by atoms with E-state index in [1.54, 1.807) is 4.90 Å². The summed E-state index contributed by atoms with van der Waals surface area (Å²) in [5.41, 5.74) is 3.10. The largest absolute Gasteiger partial charge is 0.481 e. The Morgan fingerprint density at radius 1 is 0.711 bits per heavy atom. The number of nitrogens with zero attached hydrogens (tertiary/aromatic N) is 1. The smallest absolute Gasteiger partial charge is 0.307 e. The van der Waals surface area contributed by atoms with E-state index in [0.717, 1.165) is 40.1 Å². The fourth-order valence-electron chi connectivity index (χ4n) is 6.11. The number of benzene rings is 5. The molecule has 5 aromatic rings. The lowest BCUT2D eigenvalue weighted by molar-refractivity contribution is -0.151. The molecule has 0 aromatic heterocycles. The quantitative estimate of drug-likeness (QED) is 0.138. The van der Waals surface area contributed by atoms with Crippen molar-refractivity contribution in [2.24, 2.45) is 5.92 Å². The number of carbonyl (C=O) groups excluding carboxylic acids is 1. The van der Waals surface area contributed by atoms with Crippen molar-refractivity contribution in [3.05, 3.63) is 131 Å². The molecule has 7 heteroatoms. The molecule has 2 N–H and O–H groups in total. The Morgan fingerprint density at radius 3 is 1.84 bits per heavy atom. The second kappa shape index (κ2) is 14.4. The zero-order valence-electron chi connectivity index (χ0n) is 25.1. The van der Waals surface area contributed by atoms with Gasteiger partial charge in [-0.25, -0.2) is 0 Å². The van der Waals surface area contributed by atoms with Crippen LogP contribution in [0.2, 0.25) is 5.02 Å². The van der Waals surface area contributed by atoms with Crippen LogP contribution in [0.4, 0.5) is 0 Å². The molecule has 0 radical (unpaired) electrons. The molecule has 0 spiro atoms. The first-order valence-corrected chi connectivity index (χ1v) is 15.5. The highest BCUT2D eigenvalue weighted by molar-refractivity contribution is 6.30. The first kappa shape index (κ1) is 31.7. The number of fused-ring (bicyclic) bond motifs is 2. The summed E-state index contributed by atoms with van der Waals surface area (Å²) in [6.07, 6.45) is 0.455. The summed E-state index contributed by atoms with van der Waals surface area (Å²) < 4.78 is 0. The Kier molecular flexibility index (Phi) is 10.2. The van der Waals surface area contributed by atoms with Crippen molar-refractivity contribution in [1.29, 1.82) is 0 Å². The SMILES string of the molecule is CC(C(CCc1ccc2ccccc2c1)c1ccc(Cl)cc1)N(Cc1ccc2ccccc2c1)C(=O)CC(CC(=O)O)C(=O)O. The van der Waals surface area contributed by atoms with Crippen LogP contribution in [0.3, 0.4) is 0 Å². The number of carbonyl (C=O) groups is 3. The van der Waals surface area contributed by atoms with Crippen molar-refractivity contribution >= 4 is 51.0 Å². The van der Waals surface area contributed by atoms with Crippen molar-refractivity contribution in [2.45, 2.75) is 51.1 Å². The molecule has 3 unspecified atom stereocenters. The average molecular weight is 622 g/mol. The number of carboxylic acid groups (broad SMARTS) is 2. The molecule has 0 bridgehead atoms. The van der Waals surface area contributed by atoms with Crippen LogP contribution in [-0.2, 0) is 27.3 Å². The fraction of sp³-hybridized carbons (Fsp3) is 0.237. The lowest BCUT2D eigenvalue weighted by Gasteiger charge is -2.36. The molecule has 0 heterocycles. The molecular formula is C38H36ClNO5. The van der Waals surface area contributed by atoms with Gasteiger partial charge in [0, 0.05) is 29.9 Å². The van der Waals surface area contributed by atoms with E-state index in [9.17, 15) is 24.6 Å². The molecule has 5 aromatic carbocycles. The van der Waals surface area contributed by atoms with Crippen molar-refractivity contribution in [2.75, 3.05) is 0 Å². The Labute approximate surface area is 267 Å². The monoisotopic (exact) mass is 621 g/mol. The lowest BCUT2D eigenvalue weighted by atomic mass is 9.85. The van der Waals surface area contributed by atoms with Crippen molar-refractivity contribution in [1.82, 2.24) is 4.90 Å². The van der Waals surface area contributed by atoms with Gasteiger partial charge < -0.3 is 15.1 Å². The molecule has 230 valence electrons. The number of aliphatic carboxylic acids is 2. The molecule has 0 fully saturated rings. The van der Waals surface area contributed by atoms with Gasteiger partial charge in [0.15, 0.2) is 0 Å². The Hall–Kier alpha value is -4.68. The van der Waals surface area contributed by atoms with E-state index >= 15 is 0 Å². The highest BCUT2D eigenvalue weighted by Crippen LogP contribution is 2.32. The molecule has 0 aliphatic rings. The normalized spacial score (nSPS) is 13.3. The van der Waals surface area contributed by atoms with Gasteiger partial charge in [0.25, 0.3) is 0 Å². The molecular weight excluding hydrogens is 586 g/mol. The molecule has 0 saturated carbocycles. The third-order valence-electron chi connectivity index (χ3n) is 8.61. The lowest BCUT2D eigenvalue weighted by Crippen LogP contribution is -2.43. The van der Waals surface area contributed by atoms with Gasteiger partial charge in [-0.15, -0.1) is 0 Å². The molecule has 45 heavy (non-hydrogen) atoms. The second-order valence-corrected chi connectivity index (χ2v) is 12.1. The van der Waals surface area contributed by atoms with E-state index in [0.29, 0.717) is 5.02 Å². The molecule has 0 saturated heterocycles. The maximum Gasteiger partial charge on any atom is 0.307 e. The molecule has 6 nitrogen and oxygen atoms in total. The summed E-state index contributed by atoms with van der Waals surface area (Å²) in [7, 11) is 0. The van der Waals surface area contributed by atoms with Crippen LogP contribution >= 0.6 is 11.6 Å². The Balaban J connectivity index is 1.49. The number of amides is 1. The molecule has 3 atom stereocenters. The number of rotatable bonds is 13. The zero-order valence-corrected chi connectivity index (χ0v) is 25.9. The highest BCUT2D eigenvalue weighted by atomic mass is 35.5. The van der Waals surface area contributed by atoms with Crippen LogP contribution in [0.5, 0.6) is 0 Å². The number of halogens is 1. The van der Waals surface area contributed by atoms with E-state index in [1.807, 2.05) is 85.8 Å². The highest BCUT2D eigenvalue weighted by Gasteiger charge is 2.32. The zero-order chi connectivity index (χ0) is 31.9. The molecule has 5 rings (SSSR count). The summed E-state index contributed by atoms with van der Waals surface area (Å²) in [5.74, 6) is -4.38. The molecule has 0 aliphatic heterocycles. The number of carboxylic acids is 2. The van der Waals surface area contributed by atoms with E-state index in [-0.39, 0.29) is 18.5 Å². The van der Waals surface area contributed by atoms with Gasteiger partial charge in [0.2, 0.25) is 5.91 Å². The van der Waals surface area contributed by atoms with Crippen LogP contribution in [0.15, 0.2) is 109 Å². The van der Waals surface area contributed by atoms with E-state index in [1.165, 1.54) is 10.9 Å². The van der Waals surface area contributed by atoms with Gasteiger partial charge in [-0.2, -0.15) is 0 Å². The third kappa shape index (κ3) is 8.08. The van der Waals surface area contributed by atoms with Crippen LogP contribution in [0, 0.1) is 5.92 Å². The van der Waals surface area contributed by atoms with Crippen molar-refractivity contribution in [3.8, 4) is 0 Å². The van der Waals surface area contributed by atoms with Gasteiger partial charge in [-0.05, 0) is 76.2 Å². The van der Waals surface area contributed by atoms with E-state index in [2.05, 4.69) is 30.3 Å². The minimum Gasteiger partial charge on any atom is -0.481 e. The third-order valence-corrected chi connectivity index (χ3v) is 8.86. The standard InChI is InChI=1S/C38H36ClNO5/c1-25(35(30-15-17-34(39)18-16-30)19-12-26-10-13-28-6-2-4-8-31(28)20-26)40(36(41)22-33(38(44)45)23-37(42)43)24-27-11-14-29-7-3-5-9-32(29)21-27/h2-11,13-18,20-21,25,33,35H,12,19,22-24H2,1H3,(H,42,43)(H,44,45). The number of hydrogen-bond donors (Lipinski definition) is 2. The van der Waals surface area contributed by atoms with Gasteiger partial charge in [0.1, 0.15) is 0 Å². The summed E-state index contributed by atoms with van der Waals surface area (Å²) in [5, 5.41) is 24.1. The Bertz CT molecular complexity index is 1820. The summed E-state index contributed by atoms with van der Waals surface area (Å²) in [6.45, 7) is 2.25. The summed E-state index contributed by atoms with van der Waals surface area (Å²) in [4.78, 5) is 39.1. The van der Waals surface area contributed by atoms with E-state index in [4.69, 9.17) is 11.6 Å².